The summed E-state index contributed by atoms with van der Waals surface area (Å²) in [7, 11) is -3.35. The number of benzene rings is 2. The Kier molecular flexibility index (Phi) is 8.99. The molecule has 9 heteroatoms. The van der Waals surface area contributed by atoms with E-state index in [0.29, 0.717) is 0 Å². The lowest BCUT2D eigenvalue weighted by molar-refractivity contribution is 0.347. The van der Waals surface area contributed by atoms with E-state index < -0.39 is 19.0 Å². The van der Waals surface area contributed by atoms with Crippen molar-refractivity contribution < 1.29 is 8.85 Å². The number of rotatable bonds is 7. The van der Waals surface area contributed by atoms with Gasteiger partial charge in [0.2, 0.25) is 0 Å². The van der Waals surface area contributed by atoms with E-state index in [4.69, 9.17) is 19.9 Å². The van der Waals surface area contributed by atoms with E-state index in [1.807, 2.05) is 81.4 Å². The van der Waals surface area contributed by atoms with Gasteiger partial charge < -0.3 is 8.85 Å². The van der Waals surface area contributed by atoms with E-state index in [1.54, 1.807) is 20.1 Å². The Labute approximate surface area is 195 Å². The average Bonchev–Trinajstić information content (AvgIpc) is 2.75. The highest BCUT2D eigenvalue weighted by atomic mass is 35.6. The van der Waals surface area contributed by atoms with Crippen molar-refractivity contribution in [2.45, 2.75) is 45.7 Å². The third-order valence-electron chi connectivity index (χ3n) is 4.27. The van der Waals surface area contributed by atoms with Crippen LogP contribution in [0.3, 0.4) is 0 Å². The molecular formula is C23H28ClN5O2Si. The standard InChI is InChI=1S/C23H28ClN5O2Si/c1-18(27-26-17-20-12-8-6-9-13-20)30-32(24,23(3,4)5)31-19(2)28-29-22(16-25)21-14-10-7-11-15-21/h6-15,17,22,29H,1-5H3/b26-17+,27-18+,28-19+. The van der Waals surface area contributed by atoms with Gasteiger partial charge in [0, 0.05) is 18.9 Å². The quantitative estimate of drug-likeness (QED) is 0.187. The Morgan fingerprint density at radius 2 is 1.59 bits per heavy atom. The van der Waals surface area contributed by atoms with Crippen LogP contribution in [0.1, 0.15) is 51.8 Å². The lowest BCUT2D eigenvalue weighted by atomic mass is 10.1. The molecule has 0 amide bonds. The molecule has 0 bridgehead atoms. The van der Waals surface area contributed by atoms with Crippen molar-refractivity contribution in [2.24, 2.45) is 15.3 Å². The average molecular weight is 470 g/mol. The third kappa shape index (κ3) is 7.52. The van der Waals surface area contributed by atoms with Gasteiger partial charge >= 0.3 is 7.87 Å². The molecule has 2 rings (SSSR count). The molecule has 0 aromatic heterocycles. The highest BCUT2D eigenvalue weighted by molar-refractivity contribution is 7.15. The second-order valence-corrected chi connectivity index (χ2v) is 12.5. The molecule has 0 saturated carbocycles. The van der Waals surface area contributed by atoms with Crippen molar-refractivity contribution in [3.8, 4) is 6.07 Å². The number of hydrazone groups is 1. The van der Waals surface area contributed by atoms with Gasteiger partial charge in [0.25, 0.3) is 0 Å². The number of hydrogen-bond donors (Lipinski definition) is 1. The van der Waals surface area contributed by atoms with Gasteiger partial charge in [-0.2, -0.15) is 10.4 Å². The van der Waals surface area contributed by atoms with Gasteiger partial charge in [-0.25, -0.2) is 0 Å². The summed E-state index contributed by atoms with van der Waals surface area (Å²) in [5, 5.41) is 21.3. The van der Waals surface area contributed by atoms with Crippen LogP contribution in [0.5, 0.6) is 0 Å². The fourth-order valence-electron chi connectivity index (χ4n) is 2.45. The molecule has 0 aliphatic heterocycles. The smallest absolute Gasteiger partial charge is 0.488 e. The van der Waals surface area contributed by atoms with E-state index >= 15 is 0 Å². The van der Waals surface area contributed by atoms with Gasteiger partial charge in [0.15, 0.2) is 17.8 Å². The van der Waals surface area contributed by atoms with Crippen LogP contribution in [0, 0.1) is 11.3 Å². The molecule has 0 heterocycles. The zero-order chi connectivity index (χ0) is 23.6. The molecule has 2 aromatic carbocycles. The zero-order valence-corrected chi connectivity index (χ0v) is 20.7. The van der Waals surface area contributed by atoms with E-state index in [2.05, 4.69) is 26.8 Å². The Hall–Kier alpha value is -3.15. The van der Waals surface area contributed by atoms with Crippen molar-refractivity contribution in [3.05, 3.63) is 71.8 Å². The van der Waals surface area contributed by atoms with Gasteiger partial charge in [-0.3, -0.25) is 5.43 Å². The van der Waals surface area contributed by atoms with E-state index in [1.165, 1.54) is 0 Å². The van der Waals surface area contributed by atoms with Crippen molar-refractivity contribution in [2.75, 3.05) is 0 Å². The van der Waals surface area contributed by atoms with Gasteiger partial charge in [-0.15, -0.1) is 10.2 Å². The molecule has 7 nitrogen and oxygen atoms in total. The lowest BCUT2D eigenvalue weighted by Crippen LogP contribution is -2.47. The maximum Gasteiger partial charge on any atom is 0.576 e. The first-order valence-corrected chi connectivity index (χ1v) is 12.9. The highest BCUT2D eigenvalue weighted by Gasteiger charge is 2.54. The minimum Gasteiger partial charge on any atom is -0.488 e. The van der Waals surface area contributed by atoms with Crippen molar-refractivity contribution >= 4 is 37.0 Å². The molecule has 2 unspecified atom stereocenters. The van der Waals surface area contributed by atoms with Crippen LogP contribution in [-0.2, 0) is 8.85 Å². The molecule has 1 N–H and O–H groups in total. The predicted molar refractivity (Wildman–Crippen MR) is 132 cm³/mol. The molecule has 32 heavy (non-hydrogen) atoms. The Bertz CT molecular complexity index is 1000. The van der Waals surface area contributed by atoms with Crippen LogP contribution in [0.2, 0.25) is 5.04 Å². The molecule has 168 valence electrons. The third-order valence-corrected chi connectivity index (χ3v) is 9.34. The number of nitrogens with one attached hydrogen (secondary N) is 1. The molecule has 0 saturated heterocycles. The Morgan fingerprint density at radius 1 is 1.03 bits per heavy atom. The lowest BCUT2D eigenvalue weighted by Gasteiger charge is -2.34. The molecule has 0 radical (unpaired) electrons. The van der Waals surface area contributed by atoms with E-state index in [0.717, 1.165) is 11.1 Å². The highest BCUT2D eigenvalue weighted by Crippen LogP contribution is 2.41. The van der Waals surface area contributed by atoms with E-state index in [-0.39, 0.29) is 11.8 Å². The number of hydrogen-bond acceptors (Lipinski definition) is 7. The van der Waals surface area contributed by atoms with Gasteiger partial charge in [-0.05, 0) is 11.1 Å². The summed E-state index contributed by atoms with van der Waals surface area (Å²) in [4.78, 5) is 0. The summed E-state index contributed by atoms with van der Waals surface area (Å²) in [6.07, 6.45) is 1.63. The largest absolute Gasteiger partial charge is 0.576 e. The maximum absolute atomic E-state index is 9.44. The maximum atomic E-state index is 9.44. The SMILES string of the molecule is C/C(=N\N=C\c1ccccc1)O[Si](Cl)(O/C(C)=N/NC(C#N)c1ccccc1)C(C)(C)C. The first kappa shape index (κ1) is 25.1. The zero-order valence-electron chi connectivity index (χ0n) is 18.9. The van der Waals surface area contributed by atoms with Crippen molar-refractivity contribution in [1.82, 2.24) is 5.43 Å². The van der Waals surface area contributed by atoms with Crippen molar-refractivity contribution in [3.63, 3.8) is 0 Å². The van der Waals surface area contributed by atoms with Crippen LogP contribution in [0.4, 0.5) is 0 Å². The van der Waals surface area contributed by atoms with Crippen LogP contribution in [0.25, 0.3) is 0 Å². The normalized spacial score (nSPS) is 15.5. The second kappa shape index (κ2) is 11.5. The summed E-state index contributed by atoms with van der Waals surface area (Å²) in [6.45, 7) is 9.11. The van der Waals surface area contributed by atoms with Gasteiger partial charge in [-0.1, -0.05) is 92.5 Å². The topological polar surface area (TPSA) is 91.4 Å². The fraction of sp³-hybridized carbons (Fsp3) is 0.304. The molecular weight excluding hydrogens is 442 g/mol. The van der Waals surface area contributed by atoms with Crippen LogP contribution < -0.4 is 5.43 Å². The van der Waals surface area contributed by atoms with E-state index in [9.17, 15) is 5.26 Å². The number of nitrogens with zero attached hydrogens (tertiary/aromatic N) is 4. The van der Waals surface area contributed by atoms with Crippen LogP contribution in [-0.4, -0.2) is 25.9 Å². The monoisotopic (exact) mass is 469 g/mol. The Morgan fingerprint density at radius 3 is 2.16 bits per heavy atom. The minimum atomic E-state index is -3.35. The predicted octanol–water partition coefficient (Wildman–Crippen LogP) is 5.64. The summed E-state index contributed by atoms with van der Waals surface area (Å²) in [6, 6.07) is 20.5. The molecule has 0 fully saturated rings. The summed E-state index contributed by atoms with van der Waals surface area (Å²) >= 11 is 6.86. The Balaban J connectivity index is 2.10. The molecule has 2 aromatic rings. The number of halogens is 1. The summed E-state index contributed by atoms with van der Waals surface area (Å²) in [5.74, 6) is 0.548. The first-order chi connectivity index (χ1) is 15.1. The summed E-state index contributed by atoms with van der Waals surface area (Å²) < 4.78 is 12.0. The van der Waals surface area contributed by atoms with Gasteiger partial charge in [0.05, 0.1) is 12.3 Å². The molecule has 0 spiro atoms. The molecule has 2 atom stereocenters. The van der Waals surface area contributed by atoms with Crippen molar-refractivity contribution in [1.29, 1.82) is 5.26 Å². The van der Waals surface area contributed by atoms with Crippen LogP contribution in [0.15, 0.2) is 76.0 Å². The number of nitriles is 1. The fourth-order valence-corrected chi connectivity index (χ4v) is 4.62. The second-order valence-electron chi connectivity index (χ2n) is 8.00. The van der Waals surface area contributed by atoms with Crippen LogP contribution >= 0.6 is 11.1 Å². The summed E-state index contributed by atoms with van der Waals surface area (Å²) in [5.41, 5.74) is 4.54. The first-order valence-electron chi connectivity index (χ1n) is 10.1. The molecule has 0 aliphatic rings. The van der Waals surface area contributed by atoms with Gasteiger partial charge in [0.1, 0.15) is 0 Å². The molecule has 0 aliphatic carbocycles. The minimum absolute atomic E-state index is 0.262.